The highest BCUT2D eigenvalue weighted by atomic mass is 16.6. The Morgan fingerprint density at radius 3 is 0.753 bits per heavy atom. The van der Waals surface area contributed by atoms with E-state index in [0.29, 0.717) is 19.3 Å². The van der Waals surface area contributed by atoms with E-state index in [4.69, 9.17) is 14.2 Å². The maximum absolute atomic E-state index is 12.9. The molecule has 0 aromatic carbocycles. The van der Waals surface area contributed by atoms with Gasteiger partial charge in [-0.3, -0.25) is 14.4 Å². The van der Waals surface area contributed by atoms with Crippen LogP contribution in [-0.4, -0.2) is 37.2 Å². The van der Waals surface area contributed by atoms with Gasteiger partial charge in [0.1, 0.15) is 13.2 Å². The van der Waals surface area contributed by atoms with Crippen LogP contribution in [0.2, 0.25) is 0 Å². The molecule has 81 heavy (non-hydrogen) atoms. The van der Waals surface area contributed by atoms with Crippen LogP contribution in [0.4, 0.5) is 0 Å². The highest BCUT2D eigenvalue weighted by Gasteiger charge is 2.19. The lowest BCUT2D eigenvalue weighted by Crippen LogP contribution is -2.30. The lowest BCUT2D eigenvalue weighted by atomic mass is 10.0. The molecule has 0 bridgehead atoms. The lowest BCUT2D eigenvalue weighted by molar-refractivity contribution is -0.167. The summed E-state index contributed by atoms with van der Waals surface area (Å²) in [5, 5.41) is 0. The molecule has 0 fully saturated rings. The molecule has 462 valence electrons. The Morgan fingerprint density at radius 2 is 0.481 bits per heavy atom. The highest BCUT2D eigenvalue weighted by molar-refractivity contribution is 5.71. The first-order chi connectivity index (χ1) is 40.0. The molecule has 0 aliphatic rings. The minimum absolute atomic E-state index is 0.0827. The predicted molar refractivity (Wildman–Crippen MR) is 353 cm³/mol. The molecule has 0 saturated heterocycles. The van der Waals surface area contributed by atoms with Gasteiger partial charge in [-0.1, -0.05) is 322 Å². The number of allylic oxidation sites excluding steroid dienone is 20. The van der Waals surface area contributed by atoms with Gasteiger partial charge in [0.25, 0.3) is 0 Å². The van der Waals surface area contributed by atoms with Crippen molar-refractivity contribution in [1.82, 2.24) is 0 Å². The highest BCUT2D eigenvalue weighted by Crippen LogP contribution is 2.17. The third kappa shape index (κ3) is 66.5. The van der Waals surface area contributed by atoms with Gasteiger partial charge >= 0.3 is 17.9 Å². The molecule has 0 rings (SSSR count). The van der Waals surface area contributed by atoms with Gasteiger partial charge in [-0.25, -0.2) is 0 Å². The van der Waals surface area contributed by atoms with Gasteiger partial charge in [-0.2, -0.15) is 0 Å². The maximum Gasteiger partial charge on any atom is 0.306 e. The molecule has 0 aromatic rings. The summed E-state index contributed by atoms with van der Waals surface area (Å²) >= 11 is 0. The SMILES string of the molecule is CC/C=C\C/C=C\C/C=C\C/C=C\C/C=C\C/C=C\C/C=C\C/C=C\C/C=C\C/C=C\CCCCCCC(=O)OCC(COC(=O)CCCCCCCCCCCCCCC)OC(=O)CCCCCCCCCCCCCCCCC. The topological polar surface area (TPSA) is 78.9 Å². The minimum Gasteiger partial charge on any atom is -0.462 e. The van der Waals surface area contributed by atoms with E-state index in [0.717, 1.165) is 135 Å². The molecule has 0 saturated carbocycles. The molecule has 0 radical (unpaired) electrons. The van der Waals surface area contributed by atoms with Gasteiger partial charge in [0.15, 0.2) is 6.10 Å². The van der Waals surface area contributed by atoms with E-state index in [9.17, 15) is 14.4 Å². The van der Waals surface area contributed by atoms with Crippen molar-refractivity contribution in [2.24, 2.45) is 0 Å². The third-order valence-electron chi connectivity index (χ3n) is 14.5. The molecule has 1 atom stereocenters. The summed E-state index contributed by atoms with van der Waals surface area (Å²) in [5.41, 5.74) is 0. The Morgan fingerprint density at radius 1 is 0.259 bits per heavy atom. The van der Waals surface area contributed by atoms with Crippen LogP contribution in [-0.2, 0) is 28.6 Å². The van der Waals surface area contributed by atoms with Crippen molar-refractivity contribution in [3.63, 3.8) is 0 Å². The first kappa shape index (κ1) is 76.8. The number of carbonyl (C=O) groups is 3. The zero-order chi connectivity index (χ0) is 58.5. The fourth-order valence-electron chi connectivity index (χ4n) is 9.41. The summed E-state index contributed by atoms with van der Waals surface area (Å²) < 4.78 is 16.9. The van der Waals surface area contributed by atoms with E-state index in [-0.39, 0.29) is 31.1 Å². The summed E-state index contributed by atoms with van der Waals surface area (Å²) in [7, 11) is 0. The molecule has 0 N–H and O–H groups in total. The number of hydrogen-bond donors (Lipinski definition) is 0. The van der Waals surface area contributed by atoms with Crippen LogP contribution >= 0.6 is 0 Å². The van der Waals surface area contributed by atoms with Crippen LogP contribution in [0.25, 0.3) is 0 Å². The smallest absolute Gasteiger partial charge is 0.306 e. The molecule has 6 nitrogen and oxygen atoms in total. The third-order valence-corrected chi connectivity index (χ3v) is 14.5. The maximum atomic E-state index is 12.9. The second-order valence-corrected chi connectivity index (χ2v) is 22.4. The number of hydrogen-bond acceptors (Lipinski definition) is 6. The molecule has 0 aliphatic carbocycles. The zero-order valence-electron chi connectivity index (χ0n) is 53.0. The molecular formula is C75H126O6. The number of unbranched alkanes of at least 4 members (excludes halogenated alkanes) is 30. The molecule has 6 heteroatoms. The molecule has 0 aliphatic heterocycles. The van der Waals surface area contributed by atoms with E-state index < -0.39 is 6.10 Å². The van der Waals surface area contributed by atoms with Crippen LogP contribution in [0.5, 0.6) is 0 Å². The summed E-state index contributed by atoms with van der Waals surface area (Å²) in [5.74, 6) is -0.898. The standard InChI is InChI=1S/C75H126O6/c1-4-7-10-13-16-19-22-25-27-28-29-30-31-32-33-34-35-36-37-38-39-40-41-42-43-44-45-46-48-50-53-56-59-62-65-68-74(77)80-71-72(70-79-73(76)67-64-61-58-55-52-49-24-21-18-15-12-9-6-3)81-75(78)69-66-63-60-57-54-51-47-26-23-20-17-14-11-8-5-2/h7,10,16,19,25,27,29-30,32-33,35-36,38-39,41-42,44-45,48,50,72H,4-6,8-9,11-15,17-18,20-24,26,28,31,34,37,40,43,46-47,49,51-71H2,1-3H3/b10-7-,19-16-,27-25-,30-29-,33-32-,36-35-,39-38-,42-41-,45-44-,50-48-. The quantitative estimate of drug-likeness (QED) is 0.0261. The second-order valence-electron chi connectivity index (χ2n) is 22.4. The van der Waals surface area contributed by atoms with Crippen molar-refractivity contribution in [3.8, 4) is 0 Å². The van der Waals surface area contributed by atoms with Gasteiger partial charge in [0.2, 0.25) is 0 Å². The summed E-state index contributed by atoms with van der Waals surface area (Å²) in [4.78, 5) is 38.3. The van der Waals surface area contributed by atoms with Crippen LogP contribution in [0.15, 0.2) is 122 Å². The number of ether oxygens (including phenoxy) is 3. The molecule has 0 amide bonds. The Balaban J connectivity index is 4.29. The van der Waals surface area contributed by atoms with E-state index >= 15 is 0 Å². The Bertz CT molecular complexity index is 1670. The van der Waals surface area contributed by atoms with Gasteiger partial charge in [0.05, 0.1) is 0 Å². The summed E-state index contributed by atoms with van der Waals surface area (Å²) in [6.07, 6.45) is 95.0. The molecule has 0 spiro atoms. The number of rotatable bonds is 61. The normalized spacial score (nSPS) is 12.9. The Kier molecular flexibility index (Phi) is 64.8. The fraction of sp³-hybridized carbons (Fsp3) is 0.693. The van der Waals surface area contributed by atoms with Crippen molar-refractivity contribution in [2.45, 2.75) is 322 Å². The predicted octanol–water partition coefficient (Wildman–Crippen LogP) is 23.6. The van der Waals surface area contributed by atoms with Crippen molar-refractivity contribution in [3.05, 3.63) is 122 Å². The summed E-state index contributed by atoms with van der Waals surface area (Å²) in [6.45, 7) is 6.53. The van der Waals surface area contributed by atoms with Gasteiger partial charge in [-0.05, 0) is 96.3 Å². The van der Waals surface area contributed by atoms with Gasteiger partial charge in [0, 0.05) is 19.3 Å². The lowest BCUT2D eigenvalue weighted by Gasteiger charge is -2.18. The average molecular weight is 1120 g/mol. The van der Waals surface area contributed by atoms with E-state index in [1.807, 2.05) is 0 Å². The average Bonchev–Trinajstić information content (AvgIpc) is 3.46. The van der Waals surface area contributed by atoms with Gasteiger partial charge in [-0.15, -0.1) is 0 Å². The van der Waals surface area contributed by atoms with E-state index in [1.54, 1.807) is 0 Å². The van der Waals surface area contributed by atoms with E-state index in [2.05, 4.69) is 142 Å². The van der Waals surface area contributed by atoms with Crippen LogP contribution in [0.3, 0.4) is 0 Å². The molecular weight excluding hydrogens is 997 g/mol. The zero-order valence-corrected chi connectivity index (χ0v) is 53.0. The Hall–Kier alpha value is -4.19. The van der Waals surface area contributed by atoms with Crippen LogP contribution in [0.1, 0.15) is 316 Å². The van der Waals surface area contributed by atoms with Crippen molar-refractivity contribution in [1.29, 1.82) is 0 Å². The molecule has 0 heterocycles. The largest absolute Gasteiger partial charge is 0.462 e. The number of carbonyl (C=O) groups excluding carboxylic acids is 3. The fourth-order valence-corrected chi connectivity index (χ4v) is 9.41. The summed E-state index contributed by atoms with van der Waals surface area (Å²) in [6, 6.07) is 0. The minimum atomic E-state index is -0.788. The van der Waals surface area contributed by atoms with Crippen molar-refractivity contribution >= 4 is 17.9 Å². The first-order valence-electron chi connectivity index (χ1n) is 34.0. The number of esters is 3. The molecule has 1 unspecified atom stereocenters. The van der Waals surface area contributed by atoms with E-state index in [1.165, 1.54) is 141 Å². The van der Waals surface area contributed by atoms with Crippen LogP contribution in [0, 0.1) is 0 Å². The second kappa shape index (κ2) is 68.3. The van der Waals surface area contributed by atoms with Gasteiger partial charge < -0.3 is 14.2 Å². The monoisotopic (exact) mass is 1120 g/mol. The first-order valence-corrected chi connectivity index (χ1v) is 34.0. The van der Waals surface area contributed by atoms with Crippen molar-refractivity contribution in [2.75, 3.05) is 13.2 Å². The Labute approximate surface area is 501 Å². The molecule has 0 aromatic heterocycles. The van der Waals surface area contributed by atoms with Crippen molar-refractivity contribution < 1.29 is 28.6 Å². The van der Waals surface area contributed by atoms with Crippen LogP contribution < -0.4 is 0 Å².